The van der Waals surface area contributed by atoms with Crippen molar-refractivity contribution in [3.63, 3.8) is 0 Å². The molecule has 14 heteroatoms. The van der Waals surface area contributed by atoms with E-state index in [1.165, 1.54) is 32.3 Å². The smallest absolute Gasteiger partial charge is 0.0693 e. The molecular formula is C80H136Si14. The van der Waals surface area contributed by atoms with Crippen molar-refractivity contribution in [2.45, 2.75) is 267 Å². The van der Waals surface area contributed by atoms with E-state index >= 15 is 0 Å². The molecule has 512 valence electrons. The van der Waals surface area contributed by atoms with E-state index < -0.39 is 114 Å². The maximum absolute atomic E-state index is 2.90. The molecular weight excluding hydrogens is 1350 g/mol. The first-order chi connectivity index (χ1) is 42.3. The van der Waals surface area contributed by atoms with Crippen molar-refractivity contribution in [3.05, 3.63) is 166 Å². The molecule has 94 heavy (non-hydrogen) atoms. The van der Waals surface area contributed by atoms with E-state index in [9.17, 15) is 0 Å². The molecule has 2 aromatic heterocycles. The SMILES string of the molecule is C[Si](C)(C)C(c1cc(C([Si](C)(C)C)[Si](C)(C)C)c(-[si]2cc3ccccc3c3ccccc32)c(C([Si](C)(C)C)[Si](C)(C)C)c1)[Si](C)(C)C.C[Si](C)(C)C(c1cc(C([Si](C)(C)C)[Si](C)(C)C)c(-[si]2cc3ccccc3c3ccccc32)c(C([Si](C)(C)C)[Si](C)(C)C)c1)[Si](C)(C)C. The molecule has 0 fully saturated rings. The van der Waals surface area contributed by atoms with Crippen LogP contribution in [0.4, 0.5) is 0 Å². The molecule has 2 heterocycles. The first-order valence-electron chi connectivity index (χ1n) is 36.5. The normalized spacial score (nSPS) is 14.3. The fourth-order valence-corrected chi connectivity index (χ4v) is 105. The van der Waals surface area contributed by atoms with Crippen LogP contribution in [0.2, 0.25) is 236 Å². The van der Waals surface area contributed by atoms with Crippen molar-refractivity contribution in [3.8, 4) is 10.4 Å². The van der Waals surface area contributed by atoms with Gasteiger partial charge in [0, 0.05) is 96.9 Å². The van der Waals surface area contributed by atoms with Gasteiger partial charge in [0.05, 0.1) is 16.8 Å². The third kappa shape index (κ3) is 17.5. The highest BCUT2D eigenvalue weighted by Crippen LogP contribution is 2.52. The quantitative estimate of drug-likeness (QED) is 0.0527. The summed E-state index contributed by atoms with van der Waals surface area (Å²) in [5, 5.41) is 16.7. The molecule has 0 saturated carbocycles. The Hall–Kier alpha value is -1.90. The fourth-order valence-electron chi connectivity index (χ4n) is 21.3. The number of benzene rings is 6. The summed E-state index contributed by atoms with van der Waals surface area (Å²) in [7, 11) is -21.4. The van der Waals surface area contributed by atoms with Crippen LogP contribution in [0, 0.1) is 0 Å². The summed E-state index contributed by atoms with van der Waals surface area (Å²) in [6, 6.07) is 49.2. The zero-order valence-electron chi connectivity index (χ0n) is 67.2. The highest BCUT2D eigenvalue weighted by Gasteiger charge is 2.50. The van der Waals surface area contributed by atoms with Gasteiger partial charge in [-0.05, 0) is 117 Å². The molecule has 0 aliphatic heterocycles. The predicted octanol–water partition coefficient (Wildman–Crippen LogP) is 27.0. The van der Waals surface area contributed by atoms with Crippen LogP contribution in [0.15, 0.2) is 133 Å². The summed E-state index contributed by atoms with van der Waals surface area (Å²) in [5.74, 6) is 0. The number of hydrogen-bond acceptors (Lipinski definition) is 0. The molecule has 0 radical (unpaired) electrons. The lowest BCUT2D eigenvalue weighted by Gasteiger charge is -2.46. The van der Waals surface area contributed by atoms with Crippen LogP contribution in [-0.4, -0.2) is 114 Å². The standard InChI is InChI=1S/2C40H68Si7/c2*1-42(2,3)38(43(4,5)6)31-27-34(39(44(7,8)9)45(10,11)12)37(35(28-31)40(46(13,14)15)47(16,17)18)41-29-30-23-19-20-24-32(30)33-25-21-22-26-36(33)41/h2*19-29,38-40H,1-18H3. The van der Waals surface area contributed by atoms with E-state index in [1.807, 2.05) is 32.6 Å². The van der Waals surface area contributed by atoms with Gasteiger partial charge in [-0.3, -0.25) is 0 Å². The molecule has 0 aliphatic rings. The maximum Gasteiger partial charge on any atom is 0.0821 e. The molecule has 8 rings (SSSR count). The molecule has 8 aromatic rings. The highest BCUT2D eigenvalue weighted by molar-refractivity contribution is 7.01. The Kier molecular flexibility index (Phi) is 23.2. The third-order valence-corrected chi connectivity index (χ3v) is 82.1. The van der Waals surface area contributed by atoms with Gasteiger partial charge in [0.2, 0.25) is 0 Å². The van der Waals surface area contributed by atoms with Gasteiger partial charge in [-0.25, -0.2) is 0 Å². The second-order valence-corrected chi connectivity index (χ2v) is 114. The van der Waals surface area contributed by atoms with E-state index in [4.69, 9.17) is 0 Å². The highest BCUT2D eigenvalue weighted by atomic mass is 28.4. The Balaban J connectivity index is 0.000000266. The van der Waals surface area contributed by atoms with Gasteiger partial charge in [-0.2, -0.15) is 0 Å². The minimum atomic E-state index is -1.61. The molecule has 0 amide bonds. The van der Waals surface area contributed by atoms with E-state index in [2.05, 4.69) is 368 Å². The minimum absolute atomic E-state index is 0.715. The zero-order chi connectivity index (χ0) is 71.4. The molecule has 0 N–H and O–H groups in total. The third-order valence-electron chi connectivity index (χ3n) is 20.8. The molecule has 0 unspecified atom stereocenters. The van der Waals surface area contributed by atoms with Crippen molar-refractivity contribution >= 4 is 156 Å². The van der Waals surface area contributed by atoms with Gasteiger partial charge >= 0.3 is 0 Å². The minimum Gasteiger partial charge on any atom is -0.0693 e. The van der Waals surface area contributed by atoms with Gasteiger partial charge in [0.15, 0.2) is 0 Å². The molecule has 0 saturated heterocycles. The van der Waals surface area contributed by atoms with Crippen molar-refractivity contribution in [2.75, 3.05) is 0 Å². The van der Waals surface area contributed by atoms with Crippen molar-refractivity contribution < 1.29 is 0 Å². The van der Waals surface area contributed by atoms with Crippen LogP contribution in [0.3, 0.4) is 0 Å². The molecule has 0 aliphatic carbocycles. The van der Waals surface area contributed by atoms with E-state index in [0.717, 1.165) is 10.3 Å². The summed E-state index contributed by atoms with van der Waals surface area (Å²) in [4.78, 5) is 3.24. The summed E-state index contributed by atoms with van der Waals surface area (Å²) in [6.07, 6.45) is 0. The van der Waals surface area contributed by atoms with Gasteiger partial charge in [-0.1, -0.05) is 368 Å². The topological polar surface area (TPSA) is 0 Å². The van der Waals surface area contributed by atoms with Crippen LogP contribution in [0.25, 0.3) is 52.7 Å². The average molecular weight is 1490 g/mol. The summed E-state index contributed by atoms with van der Waals surface area (Å²) in [5.41, 5.74) is 16.3. The van der Waals surface area contributed by atoms with Crippen LogP contribution in [0.1, 0.15) is 64.4 Å². The Morgan fingerprint density at radius 3 is 0.596 bits per heavy atom. The Bertz CT molecular complexity index is 3570. The lowest BCUT2D eigenvalue weighted by Crippen LogP contribution is -2.50. The largest absolute Gasteiger partial charge is 0.0821 e. The second kappa shape index (κ2) is 27.5. The summed E-state index contributed by atoms with van der Waals surface area (Å²) >= 11 is 0. The number of hydrogen-bond donors (Lipinski definition) is 0. The van der Waals surface area contributed by atoms with Crippen LogP contribution in [-0.2, 0) is 0 Å². The first-order valence-corrected chi connectivity index (χ1v) is 82.6. The molecule has 0 bridgehead atoms. The van der Waals surface area contributed by atoms with E-state index in [-0.39, 0.29) is 0 Å². The van der Waals surface area contributed by atoms with Crippen LogP contribution >= 0.6 is 0 Å². The van der Waals surface area contributed by atoms with Gasteiger partial charge < -0.3 is 0 Å². The van der Waals surface area contributed by atoms with Crippen LogP contribution in [0.5, 0.6) is 0 Å². The number of fused-ring (bicyclic) bond motifs is 6. The van der Waals surface area contributed by atoms with Crippen molar-refractivity contribution in [1.82, 2.24) is 0 Å². The Labute approximate surface area is 593 Å². The molecule has 6 aromatic carbocycles. The van der Waals surface area contributed by atoms with Gasteiger partial charge in [-0.15, -0.1) is 0 Å². The van der Waals surface area contributed by atoms with E-state index in [1.54, 1.807) is 21.1 Å². The van der Waals surface area contributed by atoms with Gasteiger partial charge in [0.1, 0.15) is 0 Å². The van der Waals surface area contributed by atoms with Crippen LogP contribution < -0.4 is 0 Å². The lowest BCUT2D eigenvalue weighted by molar-refractivity contribution is 1.09. The molecule has 0 nitrogen and oxygen atoms in total. The Morgan fingerprint density at radius 1 is 0.213 bits per heavy atom. The summed E-state index contributed by atoms with van der Waals surface area (Å²) < 4.78 is 0. The summed E-state index contributed by atoms with van der Waals surface area (Å²) in [6.45, 7) is 96.7. The monoisotopic (exact) mass is 1490 g/mol. The van der Waals surface area contributed by atoms with E-state index in [0.29, 0.717) is 20.7 Å². The lowest BCUT2D eigenvalue weighted by atomic mass is 10.1. The first kappa shape index (κ1) is 79.4. The van der Waals surface area contributed by atoms with Gasteiger partial charge in [0.25, 0.3) is 0 Å². The number of rotatable bonds is 20. The fraction of sp³-hybridized carbons (Fsp3) is 0.525. The predicted molar refractivity (Wildman–Crippen MR) is 474 cm³/mol. The van der Waals surface area contributed by atoms with Crippen molar-refractivity contribution in [2.24, 2.45) is 0 Å². The molecule has 0 atom stereocenters. The van der Waals surface area contributed by atoms with Crippen molar-refractivity contribution in [1.29, 1.82) is 0 Å². The zero-order valence-corrected chi connectivity index (χ0v) is 81.2. The second-order valence-electron chi connectivity index (χ2n) is 42.5. The Morgan fingerprint density at radius 2 is 0.394 bits per heavy atom. The maximum atomic E-state index is 2.90. The molecule has 0 spiro atoms. The average Bonchev–Trinajstić information content (AvgIpc) is 0.723.